The summed E-state index contributed by atoms with van der Waals surface area (Å²) in [5.41, 5.74) is 1.73. The Morgan fingerprint density at radius 1 is 1.48 bits per heavy atom. The van der Waals surface area contributed by atoms with Crippen LogP contribution in [0.5, 0.6) is 0 Å². The number of nitrogens with zero attached hydrogens (tertiary/aromatic N) is 3. The Balaban J connectivity index is 1.62. The van der Waals surface area contributed by atoms with Crippen LogP contribution in [0, 0.1) is 13.8 Å². The van der Waals surface area contributed by atoms with Crippen LogP contribution in [0.4, 0.5) is 5.88 Å². The number of rotatable bonds is 4. The van der Waals surface area contributed by atoms with E-state index in [4.69, 9.17) is 9.26 Å². The van der Waals surface area contributed by atoms with Crippen molar-refractivity contribution in [2.45, 2.75) is 32.9 Å². The molecule has 23 heavy (non-hydrogen) atoms. The summed E-state index contributed by atoms with van der Waals surface area (Å²) >= 11 is 1.60. The van der Waals surface area contributed by atoms with Gasteiger partial charge < -0.3 is 9.26 Å². The van der Waals surface area contributed by atoms with Crippen molar-refractivity contribution in [2.75, 3.05) is 25.0 Å². The number of morpholine rings is 1. The molecule has 1 amide bonds. The van der Waals surface area contributed by atoms with E-state index in [1.807, 2.05) is 26.2 Å². The zero-order valence-electron chi connectivity index (χ0n) is 13.4. The Hall–Kier alpha value is -1.77. The molecule has 0 saturated carbocycles. The van der Waals surface area contributed by atoms with Crippen molar-refractivity contribution >= 4 is 23.1 Å². The molecule has 1 aliphatic rings. The zero-order valence-corrected chi connectivity index (χ0v) is 14.2. The van der Waals surface area contributed by atoms with E-state index in [0.717, 1.165) is 16.4 Å². The topological polar surface area (TPSA) is 80.5 Å². The van der Waals surface area contributed by atoms with Gasteiger partial charge >= 0.3 is 0 Å². The van der Waals surface area contributed by atoms with Crippen molar-refractivity contribution in [3.05, 3.63) is 27.8 Å². The summed E-state index contributed by atoms with van der Waals surface area (Å²) in [7, 11) is 0. The van der Waals surface area contributed by atoms with Gasteiger partial charge in [0.2, 0.25) is 11.8 Å². The molecule has 124 valence electrons. The van der Waals surface area contributed by atoms with Gasteiger partial charge in [0.25, 0.3) is 0 Å². The third-order valence-corrected chi connectivity index (χ3v) is 4.87. The monoisotopic (exact) mass is 336 g/mol. The van der Waals surface area contributed by atoms with Crippen molar-refractivity contribution in [2.24, 2.45) is 0 Å². The van der Waals surface area contributed by atoms with Crippen LogP contribution in [0.25, 0.3) is 0 Å². The summed E-state index contributed by atoms with van der Waals surface area (Å²) in [5, 5.41) is 9.50. The first kappa shape index (κ1) is 16.1. The quantitative estimate of drug-likeness (QED) is 0.921. The zero-order chi connectivity index (χ0) is 16.4. The molecule has 2 unspecified atom stereocenters. The molecular formula is C15H20N4O3S. The first-order valence-corrected chi connectivity index (χ1v) is 8.43. The second-order valence-electron chi connectivity index (χ2n) is 5.68. The van der Waals surface area contributed by atoms with Crippen LogP contribution < -0.4 is 5.32 Å². The van der Waals surface area contributed by atoms with Gasteiger partial charge in [-0.1, -0.05) is 5.16 Å². The molecule has 0 radical (unpaired) electrons. The lowest BCUT2D eigenvalue weighted by Crippen LogP contribution is -2.48. The Bertz CT molecular complexity index is 684. The molecule has 3 heterocycles. The van der Waals surface area contributed by atoms with Gasteiger partial charge in [-0.3, -0.25) is 15.0 Å². The molecule has 2 atom stereocenters. The molecule has 1 aliphatic heterocycles. The summed E-state index contributed by atoms with van der Waals surface area (Å²) in [6.07, 6.45) is -0.0785. The maximum absolute atomic E-state index is 12.4. The first-order valence-electron chi connectivity index (χ1n) is 7.55. The Kier molecular flexibility index (Phi) is 4.74. The molecule has 1 fully saturated rings. The second kappa shape index (κ2) is 6.77. The van der Waals surface area contributed by atoms with Crippen molar-refractivity contribution in [1.29, 1.82) is 0 Å². The Morgan fingerprint density at radius 3 is 2.96 bits per heavy atom. The lowest BCUT2D eigenvalue weighted by atomic mass is 10.2. The van der Waals surface area contributed by atoms with Crippen molar-refractivity contribution in [3.8, 4) is 0 Å². The number of hydrogen-bond donors (Lipinski definition) is 1. The van der Waals surface area contributed by atoms with E-state index in [2.05, 4.69) is 20.4 Å². The molecule has 8 heteroatoms. The van der Waals surface area contributed by atoms with Gasteiger partial charge in [0.05, 0.1) is 18.3 Å². The van der Waals surface area contributed by atoms with E-state index in [0.29, 0.717) is 25.6 Å². The number of ether oxygens (including phenoxy) is 1. The van der Waals surface area contributed by atoms with Crippen LogP contribution in [0.15, 0.2) is 16.0 Å². The molecule has 3 rings (SSSR count). The molecule has 1 saturated heterocycles. The van der Waals surface area contributed by atoms with Crippen LogP contribution in [0.3, 0.4) is 0 Å². The molecular weight excluding hydrogens is 316 g/mol. The maximum Gasteiger partial charge on any atom is 0.243 e. The molecule has 2 aromatic rings. The molecule has 7 nitrogen and oxygen atoms in total. The van der Waals surface area contributed by atoms with Crippen molar-refractivity contribution < 1.29 is 14.1 Å². The summed E-state index contributed by atoms with van der Waals surface area (Å²) in [6.45, 7) is 7.61. The fourth-order valence-electron chi connectivity index (χ4n) is 2.50. The lowest BCUT2D eigenvalue weighted by Gasteiger charge is -2.35. The van der Waals surface area contributed by atoms with Gasteiger partial charge in [-0.05, 0) is 20.8 Å². The summed E-state index contributed by atoms with van der Waals surface area (Å²) in [6, 6.07) is 1.42. The average Bonchev–Trinajstić information content (AvgIpc) is 3.15. The van der Waals surface area contributed by atoms with Gasteiger partial charge in [0, 0.05) is 30.2 Å². The number of amides is 1. The fraction of sp³-hybridized carbons (Fsp3) is 0.533. The standard InChI is InChI=1S/C15H20N4O3S/c1-9-6-13(22-18-9)17-14(20)11(3)19-4-5-21-12(7-19)15-16-10(2)8-23-15/h6,8,11-12H,4-5,7H2,1-3H3,(H,17,20). The van der Waals surface area contributed by atoms with E-state index in [-0.39, 0.29) is 18.1 Å². The molecule has 0 spiro atoms. The first-order chi connectivity index (χ1) is 11.0. The van der Waals surface area contributed by atoms with Gasteiger partial charge in [-0.25, -0.2) is 4.98 Å². The molecule has 2 aromatic heterocycles. The number of anilines is 1. The minimum Gasteiger partial charge on any atom is -0.368 e. The third-order valence-electron chi connectivity index (χ3n) is 3.81. The van der Waals surface area contributed by atoms with Crippen LogP contribution in [0.1, 0.15) is 29.4 Å². The largest absolute Gasteiger partial charge is 0.368 e. The summed E-state index contributed by atoms with van der Waals surface area (Å²) < 4.78 is 10.8. The number of carbonyl (C=O) groups excluding carboxylic acids is 1. The number of hydrogen-bond acceptors (Lipinski definition) is 7. The van der Waals surface area contributed by atoms with Crippen LogP contribution in [-0.2, 0) is 9.53 Å². The highest BCUT2D eigenvalue weighted by molar-refractivity contribution is 7.09. The number of aryl methyl sites for hydroxylation is 2. The predicted molar refractivity (Wildman–Crippen MR) is 86.4 cm³/mol. The average molecular weight is 336 g/mol. The van der Waals surface area contributed by atoms with Gasteiger partial charge in [0.1, 0.15) is 11.1 Å². The number of carbonyl (C=O) groups is 1. The van der Waals surface area contributed by atoms with E-state index in [1.165, 1.54) is 0 Å². The van der Waals surface area contributed by atoms with Crippen LogP contribution in [-0.4, -0.2) is 46.7 Å². The van der Waals surface area contributed by atoms with Gasteiger partial charge in [0.15, 0.2) is 0 Å². The highest BCUT2D eigenvalue weighted by atomic mass is 32.1. The minimum absolute atomic E-state index is 0.0785. The highest BCUT2D eigenvalue weighted by Gasteiger charge is 2.30. The maximum atomic E-state index is 12.4. The van der Waals surface area contributed by atoms with Crippen LogP contribution in [0.2, 0.25) is 0 Å². The number of nitrogens with one attached hydrogen (secondary N) is 1. The summed E-state index contributed by atoms with van der Waals surface area (Å²) in [4.78, 5) is 19.0. The van der Waals surface area contributed by atoms with E-state index in [1.54, 1.807) is 17.4 Å². The Morgan fingerprint density at radius 2 is 2.30 bits per heavy atom. The number of aromatic nitrogens is 2. The molecule has 0 bridgehead atoms. The lowest BCUT2D eigenvalue weighted by molar-refractivity contribution is -0.124. The molecule has 0 aliphatic carbocycles. The normalized spacial score (nSPS) is 20.4. The SMILES string of the molecule is Cc1cc(NC(=O)C(C)N2CCOC(c3nc(C)cs3)C2)on1. The van der Waals surface area contributed by atoms with Crippen molar-refractivity contribution in [1.82, 2.24) is 15.0 Å². The van der Waals surface area contributed by atoms with Gasteiger partial charge in [-0.15, -0.1) is 11.3 Å². The summed E-state index contributed by atoms with van der Waals surface area (Å²) in [5.74, 6) is 0.261. The van der Waals surface area contributed by atoms with E-state index in [9.17, 15) is 4.79 Å². The van der Waals surface area contributed by atoms with Gasteiger partial charge in [-0.2, -0.15) is 0 Å². The number of thiazole rings is 1. The van der Waals surface area contributed by atoms with E-state index < -0.39 is 0 Å². The van der Waals surface area contributed by atoms with E-state index >= 15 is 0 Å². The molecule has 0 aromatic carbocycles. The third kappa shape index (κ3) is 3.77. The fourth-order valence-corrected chi connectivity index (χ4v) is 3.34. The van der Waals surface area contributed by atoms with Crippen molar-refractivity contribution in [3.63, 3.8) is 0 Å². The highest BCUT2D eigenvalue weighted by Crippen LogP contribution is 2.26. The smallest absolute Gasteiger partial charge is 0.243 e. The minimum atomic E-state index is -0.284. The van der Waals surface area contributed by atoms with Crippen LogP contribution >= 0.6 is 11.3 Å². The predicted octanol–water partition coefficient (Wildman–Crippen LogP) is 2.15. The second-order valence-corrected chi connectivity index (χ2v) is 6.57. The molecule has 1 N–H and O–H groups in total. The Labute approximate surface area is 138 Å².